The van der Waals surface area contributed by atoms with Crippen molar-refractivity contribution in [1.29, 1.82) is 0 Å². The van der Waals surface area contributed by atoms with Crippen LogP contribution in [0.2, 0.25) is 0 Å². The van der Waals surface area contributed by atoms with Gasteiger partial charge in [0.05, 0.1) is 0 Å². The number of benzene rings is 3. The molecule has 0 fully saturated rings. The molecular weight excluding hydrogens is 282 g/mol. The maximum Gasteiger partial charge on any atom is 0.148 e. The van der Waals surface area contributed by atoms with Gasteiger partial charge in [-0.1, -0.05) is 78.9 Å². The van der Waals surface area contributed by atoms with Crippen molar-refractivity contribution in [2.75, 3.05) is 5.32 Å². The fourth-order valence-electron chi connectivity index (χ4n) is 3.45. The molecule has 0 saturated carbocycles. The van der Waals surface area contributed by atoms with Crippen molar-refractivity contribution < 1.29 is 4.74 Å². The maximum atomic E-state index is 6.56. The van der Waals surface area contributed by atoms with Gasteiger partial charge in [-0.2, -0.15) is 0 Å². The zero-order valence-electron chi connectivity index (χ0n) is 13.1. The molecule has 1 aliphatic rings. The Hall–Kier alpha value is -2.58. The van der Waals surface area contributed by atoms with Crippen LogP contribution in [0, 0.1) is 0 Å². The zero-order valence-corrected chi connectivity index (χ0v) is 13.1. The van der Waals surface area contributed by atoms with Crippen LogP contribution in [0.3, 0.4) is 0 Å². The van der Waals surface area contributed by atoms with Gasteiger partial charge >= 0.3 is 0 Å². The highest BCUT2D eigenvalue weighted by Crippen LogP contribution is 2.46. The second-order valence-corrected chi connectivity index (χ2v) is 5.86. The lowest BCUT2D eigenvalue weighted by Crippen LogP contribution is -2.43. The van der Waals surface area contributed by atoms with Crippen molar-refractivity contribution in [3.63, 3.8) is 0 Å². The Morgan fingerprint density at radius 3 is 1.87 bits per heavy atom. The Labute approximate surface area is 136 Å². The van der Waals surface area contributed by atoms with E-state index in [1.165, 1.54) is 0 Å². The fourth-order valence-corrected chi connectivity index (χ4v) is 3.45. The number of hydrogen-bond acceptors (Lipinski definition) is 2. The molecular formula is C21H19NO. The van der Waals surface area contributed by atoms with Gasteiger partial charge in [-0.05, 0) is 24.1 Å². The zero-order chi connectivity index (χ0) is 15.7. The minimum atomic E-state index is -0.593. The quantitative estimate of drug-likeness (QED) is 0.736. The SMILES string of the molecule is C[C@H]1Nc2ccccc2C(c2ccccc2)(c2ccccc2)O1. The molecule has 1 heterocycles. The summed E-state index contributed by atoms with van der Waals surface area (Å²) in [5.41, 5.74) is 3.97. The summed E-state index contributed by atoms with van der Waals surface area (Å²) in [6, 6.07) is 29.3. The lowest BCUT2D eigenvalue weighted by molar-refractivity contribution is -0.0324. The molecule has 1 atom stereocenters. The van der Waals surface area contributed by atoms with E-state index in [2.05, 4.69) is 85.0 Å². The van der Waals surface area contributed by atoms with E-state index in [9.17, 15) is 0 Å². The van der Waals surface area contributed by atoms with E-state index in [1.807, 2.05) is 12.1 Å². The number of ether oxygens (including phenoxy) is 1. The predicted molar refractivity (Wildman–Crippen MR) is 93.4 cm³/mol. The summed E-state index contributed by atoms with van der Waals surface area (Å²) in [5.74, 6) is 0. The van der Waals surface area contributed by atoms with E-state index in [4.69, 9.17) is 4.74 Å². The van der Waals surface area contributed by atoms with Gasteiger partial charge in [-0.25, -0.2) is 0 Å². The lowest BCUT2D eigenvalue weighted by atomic mass is 9.78. The first kappa shape index (κ1) is 14.0. The second kappa shape index (κ2) is 5.56. The average molecular weight is 301 g/mol. The molecule has 4 rings (SSSR count). The summed E-state index contributed by atoms with van der Waals surface area (Å²) < 4.78 is 6.56. The van der Waals surface area contributed by atoms with Crippen molar-refractivity contribution in [1.82, 2.24) is 0 Å². The van der Waals surface area contributed by atoms with Crippen LogP contribution in [0.1, 0.15) is 23.6 Å². The summed E-state index contributed by atoms with van der Waals surface area (Å²) in [7, 11) is 0. The van der Waals surface area contributed by atoms with Gasteiger partial charge in [0.25, 0.3) is 0 Å². The van der Waals surface area contributed by atoms with E-state index in [1.54, 1.807) is 0 Å². The van der Waals surface area contributed by atoms with Gasteiger partial charge < -0.3 is 10.1 Å². The Kier molecular flexibility index (Phi) is 3.40. The number of rotatable bonds is 2. The normalized spacial score (nSPS) is 18.7. The van der Waals surface area contributed by atoms with E-state index < -0.39 is 5.60 Å². The van der Waals surface area contributed by atoms with Gasteiger partial charge in [0.15, 0.2) is 0 Å². The number of nitrogens with one attached hydrogen (secondary N) is 1. The molecule has 0 spiro atoms. The molecule has 0 amide bonds. The summed E-state index contributed by atoms with van der Waals surface area (Å²) in [6.07, 6.45) is -0.0784. The first-order valence-corrected chi connectivity index (χ1v) is 7.95. The molecule has 114 valence electrons. The first-order chi connectivity index (χ1) is 11.3. The van der Waals surface area contributed by atoms with Crippen LogP contribution in [0.25, 0.3) is 0 Å². The Morgan fingerprint density at radius 1 is 0.739 bits per heavy atom. The minimum absolute atomic E-state index is 0.0784. The van der Waals surface area contributed by atoms with Gasteiger partial charge in [0.2, 0.25) is 0 Å². The molecule has 0 aliphatic carbocycles. The Morgan fingerprint density at radius 2 is 1.26 bits per heavy atom. The smallest absolute Gasteiger partial charge is 0.148 e. The topological polar surface area (TPSA) is 21.3 Å². The lowest BCUT2D eigenvalue weighted by Gasteiger charge is -2.43. The van der Waals surface area contributed by atoms with Crippen LogP contribution in [0.5, 0.6) is 0 Å². The van der Waals surface area contributed by atoms with Crippen molar-refractivity contribution >= 4 is 5.69 Å². The highest BCUT2D eigenvalue weighted by Gasteiger charge is 2.43. The van der Waals surface area contributed by atoms with Crippen LogP contribution in [0.4, 0.5) is 5.69 Å². The highest BCUT2D eigenvalue weighted by atomic mass is 16.5. The average Bonchev–Trinajstić information content (AvgIpc) is 2.62. The van der Waals surface area contributed by atoms with E-state index in [0.717, 1.165) is 22.4 Å². The molecule has 0 bridgehead atoms. The van der Waals surface area contributed by atoms with Crippen LogP contribution >= 0.6 is 0 Å². The monoisotopic (exact) mass is 301 g/mol. The van der Waals surface area contributed by atoms with Gasteiger partial charge in [0.1, 0.15) is 11.8 Å². The minimum Gasteiger partial charge on any atom is -0.360 e. The molecule has 2 heteroatoms. The molecule has 0 aromatic heterocycles. The van der Waals surface area contributed by atoms with Crippen LogP contribution < -0.4 is 5.32 Å². The molecule has 2 nitrogen and oxygen atoms in total. The second-order valence-electron chi connectivity index (χ2n) is 5.86. The molecule has 23 heavy (non-hydrogen) atoms. The van der Waals surface area contributed by atoms with Crippen molar-refractivity contribution in [3.8, 4) is 0 Å². The summed E-state index contributed by atoms with van der Waals surface area (Å²) in [5, 5.41) is 3.43. The number of anilines is 1. The van der Waals surface area contributed by atoms with Gasteiger partial charge in [-0.15, -0.1) is 0 Å². The van der Waals surface area contributed by atoms with E-state index >= 15 is 0 Å². The molecule has 3 aromatic carbocycles. The molecule has 0 radical (unpaired) electrons. The number of fused-ring (bicyclic) bond motifs is 1. The highest BCUT2D eigenvalue weighted by molar-refractivity contribution is 5.63. The molecule has 0 unspecified atom stereocenters. The predicted octanol–water partition coefficient (Wildman–Crippen LogP) is 4.77. The fraction of sp³-hybridized carbons (Fsp3) is 0.143. The standard InChI is InChI=1S/C21H19NO/c1-16-22-20-15-9-8-14-19(20)21(23-16,17-10-4-2-5-11-17)18-12-6-3-7-13-18/h2-16,22H,1H3/t16-/m0/s1. The summed E-state index contributed by atoms with van der Waals surface area (Å²) in [6.45, 7) is 2.05. The van der Waals surface area contributed by atoms with Crippen LogP contribution in [-0.2, 0) is 10.3 Å². The third kappa shape index (κ3) is 2.23. The van der Waals surface area contributed by atoms with Crippen molar-refractivity contribution in [2.24, 2.45) is 0 Å². The van der Waals surface area contributed by atoms with Gasteiger partial charge in [-0.3, -0.25) is 0 Å². The summed E-state index contributed by atoms with van der Waals surface area (Å²) >= 11 is 0. The Balaban J connectivity index is 2.05. The van der Waals surface area contributed by atoms with Crippen LogP contribution in [0.15, 0.2) is 84.9 Å². The molecule has 1 aliphatic heterocycles. The number of hydrogen-bond donors (Lipinski definition) is 1. The van der Waals surface area contributed by atoms with E-state index in [0.29, 0.717) is 0 Å². The maximum absolute atomic E-state index is 6.56. The third-order valence-corrected chi connectivity index (χ3v) is 4.38. The largest absolute Gasteiger partial charge is 0.360 e. The van der Waals surface area contributed by atoms with Crippen LogP contribution in [-0.4, -0.2) is 6.23 Å². The first-order valence-electron chi connectivity index (χ1n) is 7.95. The molecule has 3 aromatic rings. The Bertz CT molecular complexity index is 759. The van der Waals surface area contributed by atoms with Crippen molar-refractivity contribution in [3.05, 3.63) is 102 Å². The molecule has 0 saturated heterocycles. The number of para-hydroxylation sites is 1. The molecule has 1 N–H and O–H groups in total. The van der Waals surface area contributed by atoms with E-state index in [-0.39, 0.29) is 6.23 Å². The summed E-state index contributed by atoms with van der Waals surface area (Å²) in [4.78, 5) is 0. The van der Waals surface area contributed by atoms with Gasteiger partial charge in [0, 0.05) is 11.3 Å². The van der Waals surface area contributed by atoms with Crippen molar-refractivity contribution in [2.45, 2.75) is 18.8 Å². The third-order valence-electron chi connectivity index (χ3n) is 4.38.